The van der Waals surface area contributed by atoms with Crippen LogP contribution < -0.4 is 0 Å². The summed E-state index contributed by atoms with van der Waals surface area (Å²) in [6.07, 6.45) is 4.68. The van der Waals surface area contributed by atoms with Crippen molar-refractivity contribution in [3.8, 4) is 0 Å². The highest BCUT2D eigenvalue weighted by molar-refractivity contribution is 5.75. The highest BCUT2D eigenvalue weighted by Crippen LogP contribution is 2.51. The highest BCUT2D eigenvalue weighted by Gasteiger charge is 2.52. The Morgan fingerprint density at radius 3 is 2.58 bits per heavy atom. The van der Waals surface area contributed by atoms with Gasteiger partial charge in [-0.05, 0) is 61.1 Å². The first-order valence-electron chi connectivity index (χ1n) is 12.5. The van der Waals surface area contributed by atoms with Gasteiger partial charge in [0.1, 0.15) is 6.10 Å². The molecule has 1 fully saturated rings. The van der Waals surface area contributed by atoms with Gasteiger partial charge >= 0.3 is 5.97 Å². The monoisotopic (exact) mass is 455 g/mol. The lowest BCUT2D eigenvalue weighted by Crippen LogP contribution is -2.56. The van der Waals surface area contributed by atoms with Crippen LogP contribution in [0.3, 0.4) is 0 Å². The molecule has 1 aromatic rings. The number of hydrogen-bond acceptors (Lipinski definition) is 4. The average Bonchev–Trinajstić information content (AvgIpc) is 2.76. The lowest BCUT2D eigenvalue weighted by atomic mass is 9.57. The van der Waals surface area contributed by atoms with Crippen molar-refractivity contribution in [2.45, 2.75) is 85.5 Å². The van der Waals surface area contributed by atoms with E-state index in [9.17, 15) is 14.7 Å². The average molecular weight is 456 g/mol. The zero-order valence-corrected chi connectivity index (χ0v) is 21.1. The van der Waals surface area contributed by atoms with Gasteiger partial charge in [0.15, 0.2) is 0 Å². The Bertz CT molecular complexity index is 894. The van der Waals surface area contributed by atoms with Crippen LogP contribution in [0.4, 0.5) is 0 Å². The minimum absolute atomic E-state index is 0.0000909. The minimum Gasteiger partial charge on any atom is -0.458 e. The van der Waals surface area contributed by atoms with E-state index in [1.807, 2.05) is 30.9 Å². The van der Waals surface area contributed by atoms with E-state index in [0.29, 0.717) is 25.9 Å². The van der Waals surface area contributed by atoms with E-state index in [4.69, 9.17) is 4.74 Å². The SMILES string of the molecule is CCC(=O)N(Cc1ccccc1C)C[C@@H](C)[C@@H]1CC[C@@H](C)[C@]2(O)C[C@@H](OC(C)=O)C(C)=C[C@H]12. The molecule has 1 amide bonds. The topological polar surface area (TPSA) is 66.8 Å². The van der Waals surface area contributed by atoms with Crippen LogP contribution in [0.15, 0.2) is 35.9 Å². The number of aliphatic hydroxyl groups is 1. The molecule has 5 heteroatoms. The number of fused-ring (bicyclic) bond motifs is 1. The predicted octanol–water partition coefficient (Wildman–Crippen LogP) is 5.04. The van der Waals surface area contributed by atoms with Crippen LogP contribution in [0.5, 0.6) is 0 Å². The van der Waals surface area contributed by atoms with E-state index in [-0.39, 0.29) is 41.7 Å². The molecule has 0 spiro atoms. The number of carbonyl (C=O) groups is 2. The zero-order chi connectivity index (χ0) is 24.3. The van der Waals surface area contributed by atoms with Crippen LogP contribution in [-0.4, -0.2) is 40.1 Å². The molecular formula is C28H41NO4. The number of nitrogens with zero attached hydrogens (tertiary/aromatic N) is 1. The standard InChI is InChI=1S/C28H41NO4/c1-7-27(31)29(17-23-11-9-8-10-18(23)2)16-20(4)24-13-12-21(5)28(32)15-26(33-22(6)30)19(3)14-25(24)28/h8-11,14,20-21,24-26,32H,7,12-13,15-17H2,1-6H3/t20-,21-,24+,25-,26-,28-/m1/s1. The van der Waals surface area contributed by atoms with E-state index in [1.165, 1.54) is 18.1 Å². The summed E-state index contributed by atoms with van der Waals surface area (Å²) >= 11 is 0. The summed E-state index contributed by atoms with van der Waals surface area (Å²) in [5.74, 6) is 0.489. The smallest absolute Gasteiger partial charge is 0.303 e. The molecule has 2 aliphatic rings. The first kappa shape index (κ1) is 25.5. The number of ether oxygens (including phenoxy) is 1. The Hall–Kier alpha value is -2.14. The summed E-state index contributed by atoms with van der Waals surface area (Å²) in [7, 11) is 0. The second-order valence-electron chi connectivity index (χ2n) is 10.4. The Balaban J connectivity index is 1.83. The number of carbonyl (C=O) groups excluding carboxylic acids is 2. The fourth-order valence-corrected chi connectivity index (χ4v) is 5.95. The molecule has 0 unspecified atom stereocenters. The summed E-state index contributed by atoms with van der Waals surface area (Å²) in [6, 6.07) is 8.24. The largest absolute Gasteiger partial charge is 0.458 e. The van der Waals surface area contributed by atoms with E-state index >= 15 is 0 Å². The summed E-state index contributed by atoms with van der Waals surface area (Å²) in [5.41, 5.74) is 2.50. The van der Waals surface area contributed by atoms with Gasteiger partial charge in [0.05, 0.1) is 5.60 Å². The molecule has 0 saturated heterocycles. The molecule has 1 N–H and O–H groups in total. The summed E-state index contributed by atoms with van der Waals surface area (Å²) < 4.78 is 5.53. The van der Waals surface area contributed by atoms with Gasteiger partial charge in [-0.15, -0.1) is 0 Å². The van der Waals surface area contributed by atoms with Gasteiger partial charge in [0, 0.05) is 38.8 Å². The Kier molecular flexibility index (Phi) is 8.04. The maximum Gasteiger partial charge on any atom is 0.303 e. The van der Waals surface area contributed by atoms with Gasteiger partial charge in [0.2, 0.25) is 5.91 Å². The number of esters is 1. The van der Waals surface area contributed by atoms with Crippen molar-refractivity contribution >= 4 is 11.9 Å². The molecule has 5 nitrogen and oxygen atoms in total. The van der Waals surface area contributed by atoms with E-state index in [1.54, 1.807) is 0 Å². The van der Waals surface area contributed by atoms with Crippen LogP contribution in [0.1, 0.15) is 71.4 Å². The maximum atomic E-state index is 12.9. The number of amides is 1. The molecule has 3 rings (SSSR count). The van der Waals surface area contributed by atoms with Crippen molar-refractivity contribution in [1.82, 2.24) is 4.90 Å². The lowest BCUT2D eigenvalue weighted by Gasteiger charge is -2.53. The minimum atomic E-state index is -0.896. The molecule has 2 aliphatic carbocycles. The van der Waals surface area contributed by atoms with Crippen molar-refractivity contribution in [1.29, 1.82) is 0 Å². The Labute approximate surface area is 199 Å². The van der Waals surface area contributed by atoms with Gasteiger partial charge in [-0.25, -0.2) is 0 Å². The summed E-state index contributed by atoms with van der Waals surface area (Å²) in [6.45, 7) is 13.0. The third kappa shape index (κ3) is 5.51. The molecule has 182 valence electrons. The molecule has 0 radical (unpaired) electrons. The molecule has 33 heavy (non-hydrogen) atoms. The second kappa shape index (κ2) is 10.4. The first-order valence-corrected chi connectivity index (χ1v) is 12.5. The van der Waals surface area contributed by atoms with E-state index < -0.39 is 5.60 Å². The van der Waals surface area contributed by atoms with Crippen LogP contribution in [0, 0.1) is 30.6 Å². The third-order valence-electron chi connectivity index (χ3n) is 8.11. The van der Waals surface area contributed by atoms with Gasteiger partial charge in [-0.2, -0.15) is 0 Å². The van der Waals surface area contributed by atoms with Crippen LogP contribution in [0.2, 0.25) is 0 Å². The van der Waals surface area contributed by atoms with Crippen molar-refractivity contribution in [2.75, 3.05) is 6.54 Å². The molecule has 0 heterocycles. The quantitative estimate of drug-likeness (QED) is 0.462. The maximum absolute atomic E-state index is 12.9. The molecule has 6 atom stereocenters. The van der Waals surface area contributed by atoms with Gasteiger partial charge < -0.3 is 14.7 Å². The zero-order valence-electron chi connectivity index (χ0n) is 21.1. The number of benzene rings is 1. The van der Waals surface area contributed by atoms with Crippen LogP contribution in [-0.2, 0) is 20.9 Å². The Morgan fingerprint density at radius 1 is 1.24 bits per heavy atom. The number of hydrogen-bond donors (Lipinski definition) is 1. The van der Waals surface area contributed by atoms with Crippen LogP contribution in [0.25, 0.3) is 0 Å². The van der Waals surface area contributed by atoms with Crippen LogP contribution >= 0.6 is 0 Å². The summed E-state index contributed by atoms with van der Waals surface area (Å²) in [5, 5.41) is 11.8. The third-order valence-corrected chi connectivity index (χ3v) is 8.11. The fourth-order valence-electron chi connectivity index (χ4n) is 5.95. The molecular weight excluding hydrogens is 414 g/mol. The second-order valence-corrected chi connectivity index (χ2v) is 10.4. The Morgan fingerprint density at radius 2 is 1.94 bits per heavy atom. The fraction of sp³-hybridized carbons (Fsp3) is 0.643. The molecule has 0 aliphatic heterocycles. The van der Waals surface area contributed by atoms with E-state index in [2.05, 4.69) is 39.0 Å². The molecule has 1 saturated carbocycles. The van der Waals surface area contributed by atoms with Crippen molar-refractivity contribution in [3.05, 3.63) is 47.0 Å². The molecule has 0 bridgehead atoms. The lowest BCUT2D eigenvalue weighted by molar-refractivity contribution is -0.159. The van der Waals surface area contributed by atoms with Crippen molar-refractivity contribution in [3.63, 3.8) is 0 Å². The molecule has 1 aromatic carbocycles. The van der Waals surface area contributed by atoms with Gasteiger partial charge in [-0.3, -0.25) is 9.59 Å². The first-order chi connectivity index (χ1) is 15.6. The highest BCUT2D eigenvalue weighted by atomic mass is 16.5. The number of rotatable bonds is 7. The van der Waals surface area contributed by atoms with E-state index in [0.717, 1.165) is 18.4 Å². The number of aryl methyl sites for hydroxylation is 1. The van der Waals surface area contributed by atoms with Gasteiger partial charge in [-0.1, -0.05) is 51.1 Å². The van der Waals surface area contributed by atoms with Crippen molar-refractivity contribution < 1.29 is 19.4 Å². The molecule has 0 aromatic heterocycles. The van der Waals surface area contributed by atoms with Crippen molar-refractivity contribution in [2.24, 2.45) is 23.7 Å². The normalized spacial score (nSPS) is 30.1. The predicted molar refractivity (Wildman–Crippen MR) is 130 cm³/mol. The van der Waals surface area contributed by atoms with Gasteiger partial charge in [0.25, 0.3) is 0 Å². The summed E-state index contributed by atoms with van der Waals surface area (Å²) in [4.78, 5) is 26.4.